The van der Waals surface area contributed by atoms with Gasteiger partial charge in [-0.2, -0.15) is 5.26 Å². The molecule has 0 radical (unpaired) electrons. The Hall–Kier alpha value is -3.01. The predicted octanol–water partition coefficient (Wildman–Crippen LogP) is 6.09. The molecule has 0 saturated carbocycles. The highest BCUT2D eigenvalue weighted by Crippen LogP contribution is 2.47. The SMILES string of the molecule is Cc1ccccc1NC(=O)CSC1=C(C#N)[C@@H](c2ccc(Cl)cc2)C2=C(CC(C)(C)CC2=O)N1. The minimum atomic E-state index is -0.482. The molecule has 1 heterocycles. The minimum Gasteiger partial charge on any atom is -0.352 e. The first-order valence-electron chi connectivity index (χ1n) is 11.1. The van der Waals surface area contributed by atoms with E-state index in [2.05, 4.69) is 30.6 Å². The summed E-state index contributed by atoms with van der Waals surface area (Å²) >= 11 is 7.38. The summed E-state index contributed by atoms with van der Waals surface area (Å²) in [6.45, 7) is 6.08. The van der Waals surface area contributed by atoms with Crippen LogP contribution < -0.4 is 10.6 Å². The lowest BCUT2D eigenvalue weighted by atomic mass is 9.69. The van der Waals surface area contributed by atoms with Crippen molar-refractivity contribution < 1.29 is 9.59 Å². The minimum absolute atomic E-state index is 0.0489. The summed E-state index contributed by atoms with van der Waals surface area (Å²) < 4.78 is 0. The molecular formula is C27H26ClN3O2S. The zero-order valence-corrected chi connectivity index (χ0v) is 20.9. The molecule has 7 heteroatoms. The number of rotatable bonds is 5. The number of anilines is 1. The van der Waals surface area contributed by atoms with Crippen LogP contribution in [0.4, 0.5) is 5.69 Å². The van der Waals surface area contributed by atoms with Crippen molar-refractivity contribution in [3.63, 3.8) is 0 Å². The van der Waals surface area contributed by atoms with Gasteiger partial charge in [0.1, 0.15) is 0 Å². The number of hydrogen-bond acceptors (Lipinski definition) is 5. The molecule has 0 unspecified atom stereocenters. The molecule has 2 aromatic rings. The van der Waals surface area contributed by atoms with Gasteiger partial charge in [0, 0.05) is 28.4 Å². The number of nitriles is 1. The predicted molar refractivity (Wildman–Crippen MR) is 137 cm³/mol. The van der Waals surface area contributed by atoms with Crippen LogP contribution in [0.3, 0.4) is 0 Å². The van der Waals surface area contributed by atoms with Gasteiger partial charge in [-0.05, 0) is 48.1 Å². The van der Waals surface area contributed by atoms with Crippen molar-refractivity contribution in [2.45, 2.75) is 39.5 Å². The molecule has 1 atom stereocenters. The van der Waals surface area contributed by atoms with Crippen LogP contribution >= 0.6 is 23.4 Å². The van der Waals surface area contributed by atoms with Crippen molar-refractivity contribution in [2.24, 2.45) is 5.41 Å². The van der Waals surface area contributed by atoms with E-state index < -0.39 is 5.92 Å². The third-order valence-corrected chi connectivity index (χ3v) is 7.37. The Labute approximate surface area is 209 Å². The molecule has 0 saturated heterocycles. The maximum Gasteiger partial charge on any atom is 0.234 e. The van der Waals surface area contributed by atoms with Gasteiger partial charge >= 0.3 is 0 Å². The van der Waals surface area contributed by atoms with Crippen LogP contribution in [0.15, 0.2) is 70.4 Å². The highest BCUT2D eigenvalue weighted by molar-refractivity contribution is 8.03. The molecule has 174 valence electrons. The highest BCUT2D eigenvalue weighted by atomic mass is 35.5. The summed E-state index contributed by atoms with van der Waals surface area (Å²) in [6, 6.07) is 17.2. The largest absolute Gasteiger partial charge is 0.352 e. The Morgan fingerprint density at radius 2 is 1.91 bits per heavy atom. The molecule has 1 aliphatic heterocycles. The van der Waals surface area contributed by atoms with Gasteiger partial charge in [0.25, 0.3) is 0 Å². The van der Waals surface area contributed by atoms with Crippen molar-refractivity contribution >= 4 is 40.7 Å². The van der Waals surface area contributed by atoms with E-state index in [1.54, 1.807) is 12.1 Å². The second-order valence-electron chi connectivity index (χ2n) is 9.45. The van der Waals surface area contributed by atoms with Crippen LogP contribution in [0, 0.1) is 23.7 Å². The molecule has 2 aromatic carbocycles. The Bertz CT molecular complexity index is 1260. The number of hydrogen-bond donors (Lipinski definition) is 2. The molecular weight excluding hydrogens is 466 g/mol. The van der Waals surface area contributed by atoms with Crippen LogP contribution in [0.2, 0.25) is 5.02 Å². The fourth-order valence-corrected chi connectivity index (χ4v) is 5.50. The Kier molecular flexibility index (Phi) is 6.88. The first-order valence-corrected chi connectivity index (χ1v) is 12.5. The summed E-state index contributed by atoms with van der Waals surface area (Å²) in [5.74, 6) is -0.458. The summed E-state index contributed by atoms with van der Waals surface area (Å²) in [6.07, 6.45) is 1.12. The van der Waals surface area contributed by atoms with E-state index in [0.717, 1.165) is 22.5 Å². The number of nitrogens with zero attached hydrogens (tertiary/aromatic N) is 1. The Morgan fingerprint density at radius 1 is 1.21 bits per heavy atom. The molecule has 0 spiro atoms. The molecule has 0 aromatic heterocycles. The van der Waals surface area contributed by atoms with Gasteiger partial charge in [-0.15, -0.1) is 0 Å². The van der Waals surface area contributed by atoms with Crippen molar-refractivity contribution in [2.75, 3.05) is 11.1 Å². The van der Waals surface area contributed by atoms with Gasteiger partial charge in [0.2, 0.25) is 5.91 Å². The van der Waals surface area contributed by atoms with E-state index in [9.17, 15) is 14.9 Å². The third kappa shape index (κ3) is 5.06. The number of dihydropyridines is 1. The normalized spacial score (nSPS) is 19.3. The average molecular weight is 492 g/mol. The number of ketones is 1. The zero-order chi connectivity index (χ0) is 24.5. The molecule has 0 fully saturated rings. The number of nitrogens with one attached hydrogen (secondary N) is 2. The van der Waals surface area contributed by atoms with Gasteiger partial charge in [-0.3, -0.25) is 9.59 Å². The number of benzene rings is 2. The topological polar surface area (TPSA) is 82.0 Å². The number of para-hydroxylation sites is 1. The van der Waals surface area contributed by atoms with Crippen LogP contribution in [-0.4, -0.2) is 17.4 Å². The molecule has 34 heavy (non-hydrogen) atoms. The van der Waals surface area contributed by atoms with E-state index >= 15 is 0 Å². The van der Waals surface area contributed by atoms with Gasteiger partial charge in [-0.25, -0.2) is 0 Å². The number of carbonyl (C=O) groups excluding carboxylic acids is 2. The van der Waals surface area contributed by atoms with E-state index in [1.165, 1.54) is 11.8 Å². The van der Waals surface area contributed by atoms with E-state index in [-0.39, 0.29) is 22.9 Å². The monoisotopic (exact) mass is 491 g/mol. The maximum absolute atomic E-state index is 13.2. The molecule has 1 aliphatic carbocycles. The lowest BCUT2D eigenvalue weighted by Gasteiger charge is -2.39. The number of allylic oxidation sites excluding steroid dienone is 3. The number of Topliss-reactive ketones (excluding diaryl/α,β-unsaturated/α-hetero) is 1. The van der Waals surface area contributed by atoms with Crippen molar-refractivity contribution in [1.82, 2.24) is 5.32 Å². The van der Waals surface area contributed by atoms with Gasteiger partial charge < -0.3 is 10.6 Å². The lowest BCUT2D eigenvalue weighted by Crippen LogP contribution is -2.37. The quantitative estimate of drug-likeness (QED) is 0.529. The Morgan fingerprint density at radius 3 is 2.59 bits per heavy atom. The lowest BCUT2D eigenvalue weighted by molar-refractivity contribution is -0.118. The number of aryl methyl sites for hydroxylation is 1. The van der Waals surface area contributed by atoms with Crippen LogP contribution in [0.1, 0.15) is 43.7 Å². The zero-order valence-electron chi connectivity index (χ0n) is 19.4. The molecule has 2 N–H and O–H groups in total. The molecule has 1 amide bonds. The smallest absolute Gasteiger partial charge is 0.234 e. The fraction of sp³-hybridized carbons (Fsp3) is 0.296. The van der Waals surface area contributed by atoms with E-state index in [4.69, 9.17) is 11.6 Å². The number of carbonyl (C=O) groups is 2. The fourth-order valence-electron chi connectivity index (χ4n) is 4.52. The number of amides is 1. The third-order valence-electron chi connectivity index (χ3n) is 6.10. The van der Waals surface area contributed by atoms with Gasteiger partial charge in [0.15, 0.2) is 5.78 Å². The van der Waals surface area contributed by atoms with Gasteiger partial charge in [0.05, 0.1) is 28.3 Å². The summed E-state index contributed by atoms with van der Waals surface area (Å²) in [5, 5.41) is 17.6. The first-order chi connectivity index (χ1) is 16.2. The van der Waals surface area contributed by atoms with E-state index in [1.807, 2.05) is 43.3 Å². The maximum atomic E-state index is 13.2. The molecule has 5 nitrogen and oxygen atoms in total. The summed E-state index contributed by atoms with van der Waals surface area (Å²) in [4.78, 5) is 25.9. The Balaban J connectivity index is 1.66. The van der Waals surface area contributed by atoms with Crippen LogP contribution in [-0.2, 0) is 9.59 Å². The molecule has 4 rings (SSSR count). The second kappa shape index (κ2) is 9.69. The van der Waals surface area contributed by atoms with Crippen molar-refractivity contribution in [3.05, 3.63) is 86.6 Å². The summed E-state index contributed by atoms with van der Waals surface area (Å²) in [5.41, 5.74) is 4.33. The highest BCUT2D eigenvalue weighted by Gasteiger charge is 2.41. The standard InChI is InChI=1S/C27H26ClN3O2S/c1-16-6-4-5-7-20(16)30-23(33)15-34-26-19(14-29)24(17-8-10-18(28)11-9-17)25-21(31-26)12-27(2,3)13-22(25)32/h4-11,24,31H,12-13,15H2,1-3H3,(H,30,33)/t24-/m1/s1. The second-order valence-corrected chi connectivity index (χ2v) is 10.9. The average Bonchev–Trinajstić information content (AvgIpc) is 2.78. The number of thioether (sulfide) groups is 1. The molecule has 0 bridgehead atoms. The first kappa shape index (κ1) is 24.1. The summed E-state index contributed by atoms with van der Waals surface area (Å²) in [7, 11) is 0. The molecule has 2 aliphatic rings. The van der Waals surface area contributed by atoms with Crippen LogP contribution in [0.5, 0.6) is 0 Å². The number of halogens is 1. The van der Waals surface area contributed by atoms with Crippen molar-refractivity contribution in [1.29, 1.82) is 5.26 Å². The van der Waals surface area contributed by atoms with Gasteiger partial charge in [-0.1, -0.05) is 67.5 Å². The van der Waals surface area contributed by atoms with Crippen molar-refractivity contribution in [3.8, 4) is 6.07 Å². The van der Waals surface area contributed by atoms with Crippen LogP contribution in [0.25, 0.3) is 0 Å². The van der Waals surface area contributed by atoms with E-state index in [0.29, 0.717) is 34.0 Å².